The molecule has 38 heavy (non-hydrogen) atoms. The largest absolute Gasteiger partial charge is 0.322 e. The highest BCUT2D eigenvalue weighted by molar-refractivity contribution is 6.04. The van der Waals surface area contributed by atoms with Crippen LogP contribution < -0.4 is 10.6 Å². The maximum absolute atomic E-state index is 14.8. The van der Waals surface area contributed by atoms with Crippen LogP contribution in [0.3, 0.4) is 0 Å². The predicted molar refractivity (Wildman–Crippen MR) is 142 cm³/mol. The number of pyridine rings is 1. The molecule has 4 aromatic rings. The first kappa shape index (κ1) is 25.4. The van der Waals surface area contributed by atoms with Crippen LogP contribution in [0.15, 0.2) is 73.2 Å². The van der Waals surface area contributed by atoms with Gasteiger partial charge in [-0.1, -0.05) is 6.07 Å². The van der Waals surface area contributed by atoms with Crippen LogP contribution in [0, 0.1) is 11.6 Å². The van der Waals surface area contributed by atoms with Crippen molar-refractivity contribution in [2.24, 2.45) is 0 Å². The predicted octanol–water partition coefficient (Wildman–Crippen LogP) is 4.56. The van der Waals surface area contributed by atoms with Gasteiger partial charge in [0, 0.05) is 73.7 Å². The van der Waals surface area contributed by atoms with Crippen LogP contribution in [-0.2, 0) is 6.54 Å². The molecule has 3 heterocycles. The van der Waals surface area contributed by atoms with Gasteiger partial charge in [-0.05, 0) is 55.6 Å². The highest BCUT2D eigenvalue weighted by Gasteiger charge is 2.17. The Morgan fingerprint density at radius 3 is 2.58 bits per heavy atom. The van der Waals surface area contributed by atoms with Crippen LogP contribution >= 0.6 is 0 Å². The first-order valence-electron chi connectivity index (χ1n) is 12.3. The van der Waals surface area contributed by atoms with Gasteiger partial charge >= 0.3 is 0 Å². The fourth-order valence-corrected chi connectivity index (χ4v) is 4.18. The molecule has 0 spiro atoms. The minimum absolute atomic E-state index is 0.0832. The van der Waals surface area contributed by atoms with Gasteiger partial charge in [-0.25, -0.2) is 18.7 Å². The summed E-state index contributed by atoms with van der Waals surface area (Å²) in [5.74, 6) is -1.28. The molecule has 0 bridgehead atoms. The first-order chi connectivity index (χ1) is 18.4. The molecular formula is C28H27F2N7O. The van der Waals surface area contributed by atoms with Gasteiger partial charge in [-0.2, -0.15) is 0 Å². The third-order valence-corrected chi connectivity index (χ3v) is 6.39. The van der Waals surface area contributed by atoms with Crippen molar-refractivity contribution >= 4 is 23.2 Å². The summed E-state index contributed by atoms with van der Waals surface area (Å²) in [4.78, 5) is 29.9. The van der Waals surface area contributed by atoms with Gasteiger partial charge in [0.05, 0.1) is 11.4 Å². The number of carbonyl (C=O) groups is 1. The van der Waals surface area contributed by atoms with Crippen molar-refractivity contribution in [2.45, 2.75) is 6.54 Å². The fraction of sp³-hybridized carbons (Fsp3) is 0.214. The first-order valence-corrected chi connectivity index (χ1v) is 12.3. The van der Waals surface area contributed by atoms with E-state index >= 15 is 0 Å². The number of anilines is 3. The van der Waals surface area contributed by atoms with E-state index in [-0.39, 0.29) is 17.2 Å². The number of amides is 1. The van der Waals surface area contributed by atoms with E-state index in [0.717, 1.165) is 31.7 Å². The molecule has 0 radical (unpaired) electrons. The molecule has 1 fully saturated rings. The molecule has 1 aliphatic rings. The maximum Gasteiger partial charge on any atom is 0.255 e. The maximum atomic E-state index is 14.8. The van der Waals surface area contributed by atoms with Crippen LogP contribution in [-0.4, -0.2) is 63.9 Å². The van der Waals surface area contributed by atoms with Crippen molar-refractivity contribution in [2.75, 3.05) is 43.9 Å². The number of hydrogen-bond donors (Lipinski definition) is 2. The second kappa shape index (κ2) is 11.4. The van der Waals surface area contributed by atoms with Crippen molar-refractivity contribution in [3.8, 4) is 11.3 Å². The monoisotopic (exact) mass is 515 g/mol. The van der Waals surface area contributed by atoms with Crippen LogP contribution in [0.25, 0.3) is 11.3 Å². The molecule has 194 valence electrons. The Morgan fingerprint density at radius 2 is 1.82 bits per heavy atom. The molecule has 2 N–H and O–H groups in total. The average molecular weight is 516 g/mol. The molecular weight excluding hydrogens is 488 g/mol. The molecule has 5 rings (SSSR count). The highest BCUT2D eigenvalue weighted by atomic mass is 19.1. The molecule has 8 nitrogen and oxygen atoms in total. The summed E-state index contributed by atoms with van der Waals surface area (Å²) in [6.45, 7) is 4.13. The van der Waals surface area contributed by atoms with E-state index in [4.69, 9.17) is 0 Å². The van der Waals surface area contributed by atoms with Crippen LogP contribution in [0.1, 0.15) is 15.9 Å². The van der Waals surface area contributed by atoms with Crippen molar-refractivity contribution < 1.29 is 13.6 Å². The number of hydrogen-bond acceptors (Lipinski definition) is 7. The third-order valence-electron chi connectivity index (χ3n) is 6.39. The van der Waals surface area contributed by atoms with E-state index < -0.39 is 17.5 Å². The molecule has 0 unspecified atom stereocenters. The van der Waals surface area contributed by atoms with Gasteiger partial charge in [-0.15, -0.1) is 0 Å². The lowest BCUT2D eigenvalue weighted by Gasteiger charge is -2.32. The minimum Gasteiger partial charge on any atom is -0.322 e. The van der Waals surface area contributed by atoms with E-state index in [1.165, 1.54) is 24.3 Å². The second-order valence-electron chi connectivity index (χ2n) is 9.17. The van der Waals surface area contributed by atoms with E-state index in [0.29, 0.717) is 23.5 Å². The summed E-state index contributed by atoms with van der Waals surface area (Å²) in [6, 6.07) is 14.0. The Kier molecular flexibility index (Phi) is 7.62. The fourth-order valence-electron chi connectivity index (χ4n) is 4.18. The molecule has 0 atom stereocenters. The Morgan fingerprint density at radius 1 is 0.974 bits per heavy atom. The molecule has 1 aliphatic heterocycles. The van der Waals surface area contributed by atoms with Crippen molar-refractivity contribution in [3.63, 3.8) is 0 Å². The zero-order valence-electron chi connectivity index (χ0n) is 20.9. The lowest BCUT2D eigenvalue weighted by atomic mass is 10.1. The Bertz CT molecular complexity index is 1430. The van der Waals surface area contributed by atoms with Crippen LogP contribution in [0.4, 0.5) is 26.1 Å². The van der Waals surface area contributed by atoms with Gasteiger partial charge < -0.3 is 15.5 Å². The number of aromatic nitrogens is 3. The third kappa shape index (κ3) is 6.16. The Labute approximate surface area is 219 Å². The number of benzene rings is 2. The molecule has 2 aromatic carbocycles. The lowest BCUT2D eigenvalue weighted by Crippen LogP contribution is -2.44. The summed E-state index contributed by atoms with van der Waals surface area (Å²) in [7, 11) is 2.07. The zero-order valence-corrected chi connectivity index (χ0v) is 20.9. The highest BCUT2D eigenvalue weighted by Crippen LogP contribution is 2.24. The number of nitrogens with one attached hydrogen (secondary N) is 2. The van der Waals surface area contributed by atoms with Crippen molar-refractivity contribution in [3.05, 3.63) is 95.9 Å². The molecule has 1 amide bonds. The molecule has 10 heteroatoms. The Balaban J connectivity index is 1.26. The van der Waals surface area contributed by atoms with E-state index in [9.17, 15) is 13.6 Å². The summed E-state index contributed by atoms with van der Waals surface area (Å²) in [5.41, 5.74) is 2.56. The molecule has 2 aromatic heterocycles. The quantitative estimate of drug-likeness (QED) is 0.373. The minimum atomic E-state index is -0.544. The number of piperazine rings is 1. The topological polar surface area (TPSA) is 86.3 Å². The summed E-state index contributed by atoms with van der Waals surface area (Å²) in [6.07, 6.45) is 4.89. The van der Waals surface area contributed by atoms with Crippen LogP contribution in [0.5, 0.6) is 0 Å². The lowest BCUT2D eigenvalue weighted by molar-refractivity contribution is 0.102. The van der Waals surface area contributed by atoms with Crippen molar-refractivity contribution in [1.82, 2.24) is 24.8 Å². The number of nitrogens with zero attached hydrogens (tertiary/aromatic N) is 5. The number of halogens is 2. The van der Waals surface area contributed by atoms with Gasteiger partial charge in [-0.3, -0.25) is 14.7 Å². The summed E-state index contributed by atoms with van der Waals surface area (Å²) < 4.78 is 29.4. The van der Waals surface area contributed by atoms with Gasteiger partial charge in [0.2, 0.25) is 5.95 Å². The van der Waals surface area contributed by atoms with Crippen LogP contribution in [0.2, 0.25) is 0 Å². The molecule has 0 aliphatic carbocycles. The average Bonchev–Trinajstić information content (AvgIpc) is 2.93. The van der Waals surface area contributed by atoms with Gasteiger partial charge in [0.25, 0.3) is 5.91 Å². The number of rotatable bonds is 7. The van der Waals surface area contributed by atoms with E-state index in [1.807, 2.05) is 6.07 Å². The normalized spacial score (nSPS) is 14.3. The Hall–Kier alpha value is -4.28. The SMILES string of the molecule is CN1CCN(Cc2ccc(C(=O)Nc3ccc(F)c(Nc4nccc(-c5cccnc5)n4)c3)cc2F)CC1. The standard InChI is InChI=1S/C28H27F2N7O/c1-36-11-13-37(14-12-36)18-21-5-4-19(15-24(21)30)27(38)33-22-6-7-23(29)26(16-22)35-28-32-10-8-25(34-28)20-3-2-9-31-17-20/h2-10,15-17H,11-14,18H2,1H3,(H,33,38)(H,32,34,35). The number of likely N-dealkylation sites (N-methyl/N-ethyl adjacent to an activating group) is 1. The summed E-state index contributed by atoms with van der Waals surface area (Å²) >= 11 is 0. The van der Waals surface area contributed by atoms with E-state index in [1.54, 1.807) is 42.9 Å². The second-order valence-corrected chi connectivity index (χ2v) is 9.17. The van der Waals surface area contributed by atoms with Gasteiger partial charge in [0.15, 0.2) is 0 Å². The van der Waals surface area contributed by atoms with Gasteiger partial charge in [0.1, 0.15) is 11.6 Å². The molecule has 0 saturated carbocycles. The molecule has 1 saturated heterocycles. The van der Waals surface area contributed by atoms with Crippen molar-refractivity contribution in [1.29, 1.82) is 0 Å². The summed E-state index contributed by atoms with van der Waals surface area (Å²) in [5, 5.41) is 5.56. The zero-order chi connectivity index (χ0) is 26.5. The smallest absolute Gasteiger partial charge is 0.255 e. The van der Waals surface area contributed by atoms with E-state index in [2.05, 4.69) is 42.4 Å². The number of carbonyl (C=O) groups excluding carboxylic acids is 1.